The van der Waals surface area contributed by atoms with Crippen molar-refractivity contribution in [1.82, 2.24) is 0 Å². The van der Waals surface area contributed by atoms with Crippen molar-refractivity contribution in [3.63, 3.8) is 0 Å². The summed E-state index contributed by atoms with van der Waals surface area (Å²) in [6.45, 7) is 13.7. The first-order valence-corrected chi connectivity index (χ1v) is 11.1. The van der Waals surface area contributed by atoms with Gasteiger partial charge in [0.2, 0.25) is 0 Å². The molecule has 0 saturated carbocycles. The van der Waals surface area contributed by atoms with Crippen molar-refractivity contribution in [2.24, 2.45) is 0 Å². The molecule has 1 nitrogen and oxygen atoms in total. The van der Waals surface area contributed by atoms with E-state index in [-0.39, 0.29) is 61.8 Å². The number of benzene rings is 2. The van der Waals surface area contributed by atoms with Crippen molar-refractivity contribution < 1.29 is 55.4 Å². The fraction of sp³-hybridized carbons (Fsp3) is 0.300. The van der Waals surface area contributed by atoms with Gasteiger partial charge in [-0.3, -0.25) is 0 Å². The number of fused-ring (bicyclic) bond motifs is 3. The van der Waals surface area contributed by atoms with Crippen molar-refractivity contribution >= 4 is 27.1 Å². The molecular weight excluding hydrogens is 538 g/mol. The summed E-state index contributed by atoms with van der Waals surface area (Å²) >= 11 is 0. The third-order valence-electron chi connectivity index (χ3n) is 5.97. The van der Waals surface area contributed by atoms with Gasteiger partial charge in [0.15, 0.2) is 0 Å². The van der Waals surface area contributed by atoms with E-state index in [1.165, 1.54) is 32.7 Å². The Bertz CT molecular complexity index is 1190. The number of hydrogen-bond donors (Lipinski definition) is 0. The smallest absolute Gasteiger partial charge is 1.00 e. The van der Waals surface area contributed by atoms with Crippen LogP contribution in [0, 0.1) is 6.08 Å². The quantitative estimate of drug-likeness (QED) is 0.321. The fourth-order valence-corrected chi connectivity index (χ4v) is 3.95. The van der Waals surface area contributed by atoms with E-state index >= 15 is 0 Å². The van der Waals surface area contributed by atoms with Gasteiger partial charge in [0.1, 0.15) is 0 Å². The summed E-state index contributed by atoms with van der Waals surface area (Å²) in [4.78, 5) is 0. The minimum absolute atomic E-state index is 0. The summed E-state index contributed by atoms with van der Waals surface area (Å²) in [7, 11) is 0. The number of furan rings is 1. The minimum atomic E-state index is 0. The van der Waals surface area contributed by atoms with Crippen LogP contribution in [0.3, 0.4) is 0 Å². The van der Waals surface area contributed by atoms with Crippen LogP contribution in [-0.4, -0.2) is 0 Å². The normalized spacial score (nSPS) is 12.8. The Balaban J connectivity index is 0.000000379. The Hall–Kier alpha value is -1.47. The van der Waals surface area contributed by atoms with Gasteiger partial charge >= 0.3 is 26.2 Å². The van der Waals surface area contributed by atoms with Crippen molar-refractivity contribution in [1.29, 1.82) is 0 Å². The van der Waals surface area contributed by atoms with Crippen LogP contribution in [0.1, 0.15) is 64.7 Å². The van der Waals surface area contributed by atoms with Gasteiger partial charge < -0.3 is 29.2 Å². The van der Waals surface area contributed by atoms with Crippen molar-refractivity contribution in [2.45, 2.75) is 58.8 Å². The third-order valence-corrected chi connectivity index (χ3v) is 5.97. The first-order valence-electron chi connectivity index (χ1n) is 11.1. The van der Waals surface area contributed by atoms with Crippen LogP contribution in [-0.2, 0) is 37.0 Å². The molecule has 0 spiro atoms. The largest absolute Gasteiger partial charge is 4.00 e. The standard InChI is InChI=1S/C21H25.C9H7O.2ClH.Zr/c1-20(2,3)16-9-7-14-11-15-8-10-17(21(4,5)6)13-19(15)18(14)12-16;1-2-4-8(3-1)9-5-6-10-7-9;;;/h7-13H,1-6H3;1,3,5-7H,2H2;2*1H;/q2*-1;;;+4/p-2. The Morgan fingerprint density at radius 2 is 1.32 bits per heavy atom. The molecule has 0 N–H and O–H groups in total. The topological polar surface area (TPSA) is 13.1 Å². The molecule has 0 amide bonds. The van der Waals surface area contributed by atoms with Crippen LogP contribution in [0.5, 0.6) is 0 Å². The Labute approximate surface area is 236 Å². The molecule has 1 aliphatic rings. The maximum atomic E-state index is 4.93. The zero-order valence-corrected chi connectivity index (χ0v) is 24.8. The van der Waals surface area contributed by atoms with E-state index in [1.54, 1.807) is 12.5 Å². The second-order valence-corrected chi connectivity index (χ2v) is 10.5. The Morgan fingerprint density at radius 1 is 0.794 bits per heavy atom. The van der Waals surface area contributed by atoms with Gasteiger partial charge in [-0.2, -0.15) is 17.7 Å². The molecular formula is C30H32Cl2OZr. The van der Waals surface area contributed by atoms with Crippen LogP contribution in [0.15, 0.2) is 77.6 Å². The van der Waals surface area contributed by atoms with Gasteiger partial charge in [-0.25, -0.2) is 0 Å². The molecule has 176 valence electrons. The molecule has 3 aromatic carbocycles. The first kappa shape index (κ1) is 30.6. The molecule has 0 atom stereocenters. The van der Waals surface area contributed by atoms with Crippen LogP contribution in [0.25, 0.3) is 27.1 Å². The minimum Gasteiger partial charge on any atom is -1.00 e. The summed E-state index contributed by atoms with van der Waals surface area (Å²) in [5, 5.41) is 5.49. The van der Waals surface area contributed by atoms with Crippen LogP contribution in [0.4, 0.5) is 0 Å². The fourth-order valence-electron chi connectivity index (χ4n) is 3.95. The van der Waals surface area contributed by atoms with E-state index in [0.717, 1.165) is 17.6 Å². The average molecular weight is 571 g/mol. The van der Waals surface area contributed by atoms with E-state index in [0.29, 0.717) is 0 Å². The molecule has 4 heteroatoms. The molecule has 1 aliphatic carbocycles. The van der Waals surface area contributed by atoms with Crippen LogP contribution in [0.2, 0.25) is 0 Å². The summed E-state index contributed by atoms with van der Waals surface area (Å²) < 4.78 is 4.93. The van der Waals surface area contributed by atoms with Crippen molar-refractivity contribution in [3.05, 3.63) is 96.0 Å². The van der Waals surface area contributed by atoms with Gasteiger partial charge in [0.05, 0.1) is 6.26 Å². The first-order chi connectivity index (χ1) is 14.6. The van der Waals surface area contributed by atoms with E-state index in [1.807, 2.05) is 6.07 Å². The van der Waals surface area contributed by atoms with Gasteiger partial charge in [0.25, 0.3) is 0 Å². The predicted octanol–water partition coefficient (Wildman–Crippen LogP) is 2.74. The molecule has 34 heavy (non-hydrogen) atoms. The van der Waals surface area contributed by atoms with Crippen LogP contribution < -0.4 is 24.8 Å². The second kappa shape index (κ2) is 12.0. The molecule has 0 fully saturated rings. The zero-order valence-electron chi connectivity index (χ0n) is 20.8. The maximum absolute atomic E-state index is 4.93. The van der Waals surface area contributed by atoms with E-state index in [9.17, 15) is 0 Å². The van der Waals surface area contributed by atoms with E-state index in [4.69, 9.17) is 4.42 Å². The SMILES string of the molecule is CC(C)(C)c1ccc2[cH-]c3ccc(C(C)(C)C)cc3c2c1.[C-]1=C(c2ccoc2)C=CC1.[Cl-].[Cl-].[Zr+4]. The Morgan fingerprint density at radius 3 is 1.71 bits per heavy atom. The van der Waals surface area contributed by atoms with Crippen molar-refractivity contribution in [2.75, 3.05) is 0 Å². The van der Waals surface area contributed by atoms with Crippen LogP contribution >= 0.6 is 0 Å². The maximum Gasteiger partial charge on any atom is 4.00 e. The second-order valence-electron chi connectivity index (χ2n) is 10.5. The summed E-state index contributed by atoms with van der Waals surface area (Å²) in [6.07, 6.45) is 11.7. The van der Waals surface area contributed by atoms with Gasteiger partial charge in [0, 0.05) is 6.26 Å². The molecule has 0 unspecified atom stereocenters. The number of allylic oxidation sites excluding steroid dienone is 4. The van der Waals surface area contributed by atoms with Crippen molar-refractivity contribution in [3.8, 4) is 0 Å². The molecule has 4 aromatic rings. The monoisotopic (exact) mass is 568 g/mol. The summed E-state index contributed by atoms with van der Waals surface area (Å²) in [6, 6.07) is 18.1. The predicted molar refractivity (Wildman–Crippen MR) is 134 cm³/mol. The summed E-state index contributed by atoms with van der Waals surface area (Å²) in [5.41, 5.74) is 5.47. The summed E-state index contributed by atoms with van der Waals surface area (Å²) in [5.74, 6) is 0. The number of hydrogen-bond acceptors (Lipinski definition) is 1. The molecule has 0 aliphatic heterocycles. The number of halogens is 2. The van der Waals surface area contributed by atoms with E-state index < -0.39 is 0 Å². The van der Waals surface area contributed by atoms with E-state index in [2.05, 4.69) is 102 Å². The molecule has 0 radical (unpaired) electrons. The number of rotatable bonds is 1. The third kappa shape index (κ3) is 6.81. The molecule has 1 aromatic heterocycles. The average Bonchev–Trinajstić information content (AvgIpc) is 3.45. The molecule has 5 rings (SSSR count). The van der Waals surface area contributed by atoms with Gasteiger partial charge in [-0.15, -0.1) is 45.8 Å². The van der Waals surface area contributed by atoms with Gasteiger partial charge in [-0.1, -0.05) is 95.0 Å². The molecule has 0 saturated heterocycles. The molecule has 0 bridgehead atoms. The Kier molecular flexibility index (Phi) is 10.8. The zero-order chi connectivity index (χ0) is 22.2. The molecule has 1 heterocycles. The van der Waals surface area contributed by atoms with Gasteiger partial charge in [-0.05, 0) is 10.8 Å².